The van der Waals surface area contributed by atoms with Crippen molar-refractivity contribution < 1.29 is 4.79 Å². The minimum atomic E-state index is -0.247. The van der Waals surface area contributed by atoms with E-state index in [1.54, 1.807) is 4.68 Å². The summed E-state index contributed by atoms with van der Waals surface area (Å²) in [6, 6.07) is 13.7. The molecule has 3 aromatic rings. The van der Waals surface area contributed by atoms with Crippen LogP contribution in [0.3, 0.4) is 0 Å². The third-order valence-corrected chi connectivity index (χ3v) is 3.42. The number of nitrogens with zero attached hydrogens (tertiary/aromatic N) is 2. The molecular formula is C16H16N4O. The topological polar surface area (TPSA) is 72.9 Å². The van der Waals surface area contributed by atoms with E-state index in [1.807, 2.05) is 49.4 Å². The quantitative estimate of drug-likeness (QED) is 0.774. The summed E-state index contributed by atoms with van der Waals surface area (Å²) in [5, 5.41) is 9.08. The predicted molar refractivity (Wildman–Crippen MR) is 84.2 cm³/mol. The average molecular weight is 280 g/mol. The minimum absolute atomic E-state index is 0.247. The highest BCUT2D eigenvalue weighted by Gasteiger charge is 2.16. The van der Waals surface area contributed by atoms with Crippen LogP contribution < -0.4 is 11.1 Å². The molecule has 3 N–H and O–H groups in total. The molecule has 1 amide bonds. The molecule has 0 atom stereocenters. The van der Waals surface area contributed by atoms with Gasteiger partial charge in [0.15, 0.2) is 0 Å². The average Bonchev–Trinajstić information content (AvgIpc) is 2.88. The molecule has 0 aliphatic rings. The lowest BCUT2D eigenvalue weighted by atomic mass is 10.1. The number of anilines is 2. The summed E-state index contributed by atoms with van der Waals surface area (Å²) in [5.41, 5.74) is 7.38. The van der Waals surface area contributed by atoms with E-state index < -0.39 is 0 Å². The summed E-state index contributed by atoms with van der Waals surface area (Å²) in [6.45, 7) is 2.51. The maximum absolute atomic E-state index is 12.5. The van der Waals surface area contributed by atoms with E-state index in [4.69, 9.17) is 5.73 Å². The molecule has 106 valence electrons. The lowest BCUT2D eigenvalue weighted by Crippen LogP contribution is -2.19. The fraction of sp³-hybridized carbons (Fsp3) is 0.125. The summed E-state index contributed by atoms with van der Waals surface area (Å²) in [4.78, 5) is 12.5. The molecule has 5 heteroatoms. The van der Waals surface area contributed by atoms with Gasteiger partial charge in [-0.2, -0.15) is 5.10 Å². The van der Waals surface area contributed by atoms with E-state index in [2.05, 4.69) is 10.4 Å². The van der Waals surface area contributed by atoms with Crippen molar-refractivity contribution >= 4 is 28.1 Å². The molecule has 0 spiro atoms. The van der Waals surface area contributed by atoms with Gasteiger partial charge >= 0.3 is 0 Å². The first-order valence-electron chi connectivity index (χ1n) is 6.81. The Morgan fingerprint density at radius 2 is 2.00 bits per heavy atom. The molecule has 0 saturated carbocycles. The number of aryl methyl sites for hydroxylation is 1. The summed E-state index contributed by atoms with van der Waals surface area (Å²) in [7, 11) is 0. The number of nitrogens with one attached hydrogen (secondary N) is 1. The maximum Gasteiger partial charge on any atom is 0.276 e. The van der Waals surface area contributed by atoms with E-state index >= 15 is 0 Å². The zero-order valence-electron chi connectivity index (χ0n) is 11.7. The van der Waals surface area contributed by atoms with Gasteiger partial charge in [-0.3, -0.25) is 9.48 Å². The number of aromatic nitrogens is 2. The van der Waals surface area contributed by atoms with Crippen molar-refractivity contribution in [2.24, 2.45) is 0 Å². The molecule has 0 aliphatic carbocycles. The first-order chi connectivity index (χ1) is 10.2. The summed E-state index contributed by atoms with van der Waals surface area (Å²) in [5.74, 6) is -0.247. The molecule has 5 nitrogen and oxygen atoms in total. The molecular weight excluding hydrogens is 264 g/mol. The van der Waals surface area contributed by atoms with Crippen LogP contribution in [0.2, 0.25) is 0 Å². The molecule has 3 rings (SSSR count). The van der Waals surface area contributed by atoms with Crippen LogP contribution >= 0.6 is 0 Å². The maximum atomic E-state index is 12.5. The standard InChI is InChI=1S/C16H16N4O/c1-2-20-15(13(17)10-18-20)16(21)19-14-9-5-7-11-6-3-4-8-12(11)14/h3-10H,2,17H2,1H3,(H,19,21). The number of benzene rings is 2. The second kappa shape index (κ2) is 5.28. The number of carbonyl (C=O) groups is 1. The zero-order chi connectivity index (χ0) is 14.8. The van der Waals surface area contributed by atoms with Gasteiger partial charge in [0.25, 0.3) is 5.91 Å². The molecule has 1 aromatic heterocycles. The Bertz CT molecular complexity index is 802. The summed E-state index contributed by atoms with van der Waals surface area (Å²) >= 11 is 0. The highest BCUT2D eigenvalue weighted by atomic mass is 16.2. The van der Waals surface area contributed by atoms with Gasteiger partial charge in [-0.05, 0) is 18.4 Å². The third-order valence-electron chi connectivity index (χ3n) is 3.42. The number of amides is 1. The minimum Gasteiger partial charge on any atom is -0.396 e. The molecule has 0 aliphatic heterocycles. The number of nitrogens with two attached hydrogens (primary N) is 1. The molecule has 0 saturated heterocycles. The zero-order valence-corrected chi connectivity index (χ0v) is 11.7. The molecule has 0 unspecified atom stereocenters. The Morgan fingerprint density at radius 3 is 2.81 bits per heavy atom. The Morgan fingerprint density at radius 1 is 1.24 bits per heavy atom. The van der Waals surface area contributed by atoms with Gasteiger partial charge in [0, 0.05) is 17.6 Å². The number of fused-ring (bicyclic) bond motifs is 1. The number of hydrogen-bond donors (Lipinski definition) is 2. The van der Waals surface area contributed by atoms with Crippen LogP contribution in [0.15, 0.2) is 48.7 Å². The van der Waals surface area contributed by atoms with E-state index in [9.17, 15) is 4.79 Å². The van der Waals surface area contributed by atoms with Crippen molar-refractivity contribution in [2.45, 2.75) is 13.5 Å². The van der Waals surface area contributed by atoms with Gasteiger partial charge < -0.3 is 11.1 Å². The number of carbonyl (C=O) groups excluding carboxylic acids is 1. The molecule has 0 fully saturated rings. The fourth-order valence-corrected chi connectivity index (χ4v) is 2.40. The predicted octanol–water partition coefficient (Wildman–Crippen LogP) is 2.89. The second-order valence-electron chi connectivity index (χ2n) is 4.75. The van der Waals surface area contributed by atoms with Gasteiger partial charge in [0.1, 0.15) is 5.69 Å². The molecule has 0 radical (unpaired) electrons. The van der Waals surface area contributed by atoms with Crippen molar-refractivity contribution in [1.82, 2.24) is 9.78 Å². The van der Waals surface area contributed by atoms with Crippen LogP contribution in [0, 0.1) is 0 Å². The van der Waals surface area contributed by atoms with Gasteiger partial charge in [0.05, 0.1) is 11.9 Å². The first kappa shape index (κ1) is 13.2. The fourth-order valence-electron chi connectivity index (χ4n) is 2.40. The molecule has 0 bridgehead atoms. The Hall–Kier alpha value is -2.82. The molecule has 2 aromatic carbocycles. The SMILES string of the molecule is CCn1ncc(N)c1C(=O)Nc1cccc2ccccc12. The van der Waals surface area contributed by atoms with Crippen molar-refractivity contribution in [2.75, 3.05) is 11.1 Å². The van der Waals surface area contributed by atoms with Crippen molar-refractivity contribution in [3.8, 4) is 0 Å². The van der Waals surface area contributed by atoms with Crippen LogP contribution in [0.5, 0.6) is 0 Å². The normalized spacial score (nSPS) is 10.7. The second-order valence-corrected chi connectivity index (χ2v) is 4.75. The summed E-state index contributed by atoms with van der Waals surface area (Å²) < 4.78 is 1.59. The third kappa shape index (κ3) is 2.33. The Balaban J connectivity index is 1.99. The van der Waals surface area contributed by atoms with E-state index in [1.165, 1.54) is 6.20 Å². The highest BCUT2D eigenvalue weighted by Crippen LogP contribution is 2.24. The van der Waals surface area contributed by atoms with E-state index in [-0.39, 0.29) is 5.91 Å². The first-order valence-corrected chi connectivity index (χ1v) is 6.81. The van der Waals surface area contributed by atoms with Gasteiger partial charge in [-0.25, -0.2) is 0 Å². The van der Waals surface area contributed by atoms with Crippen LogP contribution in [0.4, 0.5) is 11.4 Å². The smallest absolute Gasteiger partial charge is 0.276 e. The number of rotatable bonds is 3. The van der Waals surface area contributed by atoms with Crippen molar-refractivity contribution in [3.63, 3.8) is 0 Å². The van der Waals surface area contributed by atoms with Gasteiger partial charge in [-0.1, -0.05) is 36.4 Å². The van der Waals surface area contributed by atoms with Crippen LogP contribution in [-0.4, -0.2) is 15.7 Å². The van der Waals surface area contributed by atoms with E-state index in [0.717, 1.165) is 16.5 Å². The molecule has 21 heavy (non-hydrogen) atoms. The highest BCUT2D eigenvalue weighted by molar-refractivity contribution is 6.10. The Kier molecular flexibility index (Phi) is 3.31. The van der Waals surface area contributed by atoms with Crippen LogP contribution in [0.25, 0.3) is 10.8 Å². The lowest BCUT2D eigenvalue weighted by Gasteiger charge is -2.10. The lowest BCUT2D eigenvalue weighted by molar-refractivity contribution is 0.101. The van der Waals surface area contributed by atoms with Gasteiger partial charge in [0.2, 0.25) is 0 Å². The van der Waals surface area contributed by atoms with Crippen LogP contribution in [-0.2, 0) is 6.54 Å². The largest absolute Gasteiger partial charge is 0.396 e. The van der Waals surface area contributed by atoms with Crippen molar-refractivity contribution in [1.29, 1.82) is 0 Å². The summed E-state index contributed by atoms with van der Waals surface area (Å²) in [6.07, 6.45) is 1.50. The van der Waals surface area contributed by atoms with Crippen molar-refractivity contribution in [3.05, 3.63) is 54.4 Å². The monoisotopic (exact) mass is 280 g/mol. The van der Waals surface area contributed by atoms with Crippen LogP contribution in [0.1, 0.15) is 17.4 Å². The van der Waals surface area contributed by atoms with E-state index in [0.29, 0.717) is 17.9 Å². The Labute approximate surface area is 122 Å². The number of hydrogen-bond acceptors (Lipinski definition) is 3. The number of nitrogen functional groups attached to an aromatic ring is 1. The molecule has 1 heterocycles. The van der Waals surface area contributed by atoms with Gasteiger partial charge in [-0.15, -0.1) is 0 Å².